The van der Waals surface area contributed by atoms with E-state index in [1.54, 1.807) is 12.1 Å². The van der Waals surface area contributed by atoms with Gasteiger partial charge in [0, 0.05) is 37.8 Å². The van der Waals surface area contributed by atoms with E-state index in [4.69, 9.17) is 0 Å². The number of piperidine rings is 1. The Labute approximate surface area is 137 Å². The van der Waals surface area contributed by atoms with Crippen molar-refractivity contribution in [2.75, 3.05) is 26.2 Å². The summed E-state index contributed by atoms with van der Waals surface area (Å²) in [4.78, 5) is 27.4. The lowest BCUT2D eigenvalue weighted by atomic mass is 9.96. The second-order valence-electron chi connectivity index (χ2n) is 5.97. The first kappa shape index (κ1) is 17.4. The van der Waals surface area contributed by atoms with Crippen LogP contribution in [0, 0.1) is 16.0 Å². The van der Waals surface area contributed by atoms with Crippen molar-refractivity contribution in [2.24, 2.45) is 5.92 Å². The number of nitro benzene ring substituents is 1. The van der Waals surface area contributed by atoms with Crippen molar-refractivity contribution < 1.29 is 9.72 Å². The van der Waals surface area contributed by atoms with Gasteiger partial charge in [-0.3, -0.25) is 19.8 Å². The van der Waals surface area contributed by atoms with E-state index in [2.05, 4.69) is 4.90 Å². The van der Waals surface area contributed by atoms with Gasteiger partial charge in [0.25, 0.3) is 5.69 Å². The molecule has 1 saturated heterocycles. The van der Waals surface area contributed by atoms with E-state index >= 15 is 0 Å². The molecule has 1 aliphatic rings. The van der Waals surface area contributed by atoms with E-state index in [0.29, 0.717) is 18.7 Å². The van der Waals surface area contributed by atoms with Gasteiger partial charge in [-0.2, -0.15) is 0 Å². The Balaban J connectivity index is 2.05. The van der Waals surface area contributed by atoms with Crippen LogP contribution in [0.5, 0.6) is 0 Å². The van der Waals surface area contributed by atoms with Crippen molar-refractivity contribution in [1.29, 1.82) is 0 Å². The van der Waals surface area contributed by atoms with Crippen LogP contribution in [0.3, 0.4) is 0 Å². The molecule has 1 heterocycles. The topological polar surface area (TPSA) is 66.7 Å². The highest BCUT2D eigenvalue weighted by molar-refractivity contribution is 5.79. The standard InChI is InChI=1S/C17H25N3O3/c1-3-19(4-2)17(21)15-9-7-11-18(13-15)12-14-8-5-6-10-16(14)20(22)23/h5-6,8,10,15H,3-4,7,9,11-13H2,1-2H3/t15-/m0/s1. The van der Waals surface area contributed by atoms with Crippen molar-refractivity contribution in [1.82, 2.24) is 9.80 Å². The van der Waals surface area contributed by atoms with Crippen LogP contribution in [0.2, 0.25) is 0 Å². The van der Waals surface area contributed by atoms with Crippen molar-refractivity contribution in [3.05, 3.63) is 39.9 Å². The van der Waals surface area contributed by atoms with Gasteiger partial charge in [0.1, 0.15) is 0 Å². The molecule has 0 saturated carbocycles. The highest BCUT2D eigenvalue weighted by Crippen LogP contribution is 2.24. The first-order valence-corrected chi connectivity index (χ1v) is 8.30. The molecular weight excluding hydrogens is 294 g/mol. The smallest absolute Gasteiger partial charge is 0.273 e. The van der Waals surface area contributed by atoms with Crippen molar-refractivity contribution in [3.8, 4) is 0 Å². The summed E-state index contributed by atoms with van der Waals surface area (Å²) in [7, 11) is 0. The normalized spacial score (nSPS) is 18.6. The van der Waals surface area contributed by atoms with E-state index in [0.717, 1.165) is 32.5 Å². The van der Waals surface area contributed by atoms with Crippen LogP contribution in [-0.4, -0.2) is 46.8 Å². The van der Waals surface area contributed by atoms with Crippen LogP contribution in [0.25, 0.3) is 0 Å². The van der Waals surface area contributed by atoms with Crippen LogP contribution >= 0.6 is 0 Å². The number of amides is 1. The lowest BCUT2D eigenvalue weighted by molar-refractivity contribution is -0.385. The van der Waals surface area contributed by atoms with Crippen LogP contribution in [0.1, 0.15) is 32.3 Å². The van der Waals surface area contributed by atoms with Gasteiger partial charge in [-0.25, -0.2) is 0 Å². The number of nitrogens with zero attached hydrogens (tertiary/aromatic N) is 3. The van der Waals surface area contributed by atoms with Crippen LogP contribution < -0.4 is 0 Å². The molecular formula is C17H25N3O3. The Bertz CT molecular complexity index is 558. The molecule has 1 atom stereocenters. The lowest BCUT2D eigenvalue weighted by Gasteiger charge is -2.34. The molecule has 0 aliphatic carbocycles. The van der Waals surface area contributed by atoms with Gasteiger partial charge in [-0.1, -0.05) is 18.2 Å². The van der Waals surface area contributed by atoms with Crippen LogP contribution in [0.15, 0.2) is 24.3 Å². The zero-order valence-electron chi connectivity index (χ0n) is 13.9. The van der Waals surface area contributed by atoms with Gasteiger partial charge in [0.15, 0.2) is 0 Å². The zero-order valence-corrected chi connectivity index (χ0v) is 13.9. The summed E-state index contributed by atoms with van der Waals surface area (Å²) < 4.78 is 0. The Hall–Kier alpha value is -1.95. The summed E-state index contributed by atoms with van der Waals surface area (Å²) in [6.45, 7) is 7.55. The number of likely N-dealkylation sites (tertiary alicyclic amines) is 1. The molecule has 1 amide bonds. The van der Waals surface area contributed by atoms with E-state index < -0.39 is 0 Å². The third-order valence-corrected chi connectivity index (χ3v) is 4.51. The maximum Gasteiger partial charge on any atom is 0.273 e. The molecule has 1 aromatic carbocycles. The Morgan fingerprint density at radius 3 is 2.70 bits per heavy atom. The molecule has 0 radical (unpaired) electrons. The fraction of sp³-hybridized carbons (Fsp3) is 0.588. The van der Waals surface area contributed by atoms with Gasteiger partial charge >= 0.3 is 0 Å². The summed E-state index contributed by atoms with van der Waals surface area (Å²) in [5.41, 5.74) is 0.873. The van der Waals surface area contributed by atoms with Gasteiger partial charge < -0.3 is 4.90 Å². The van der Waals surface area contributed by atoms with Gasteiger partial charge in [0.05, 0.1) is 10.8 Å². The number of carbonyl (C=O) groups is 1. The first-order valence-electron chi connectivity index (χ1n) is 8.30. The molecule has 1 fully saturated rings. The van der Waals surface area contributed by atoms with Crippen molar-refractivity contribution >= 4 is 11.6 Å². The van der Waals surface area contributed by atoms with Crippen LogP contribution in [-0.2, 0) is 11.3 Å². The Morgan fingerprint density at radius 1 is 1.35 bits per heavy atom. The summed E-state index contributed by atoms with van der Waals surface area (Å²) in [5, 5.41) is 11.1. The molecule has 1 aromatic rings. The third kappa shape index (κ3) is 4.28. The molecule has 0 N–H and O–H groups in total. The summed E-state index contributed by atoms with van der Waals surface area (Å²) in [6.07, 6.45) is 1.86. The highest BCUT2D eigenvalue weighted by Gasteiger charge is 2.29. The largest absolute Gasteiger partial charge is 0.343 e. The van der Waals surface area contributed by atoms with Gasteiger partial charge in [-0.15, -0.1) is 0 Å². The number of carbonyl (C=O) groups excluding carboxylic acids is 1. The van der Waals surface area contributed by atoms with Crippen molar-refractivity contribution in [3.63, 3.8) is 0 Å². The number of para-hydroxylation sites is 1. The summed E-state index contributed by atoms with van der Waals surface area (Å²) >= 11 is 0. The quantitative estimate of drug-likeness (QED) is 0.597. The predicted molar refractivity (Wildman–Crippen MR) is 89.0 cm³/mol. The average Bonchev–Trinajstić information content (AvgIpc) is 2.56. The molecule has 1 aliphatic heterocycles. The third-order valence-electron chi connectivity index (χ3n) is 4.51. The average molecular weight is 319 g/mol. The fourth-order valence-corrected chi connectivity index (χ4v) is 3.26. The molecule has 6 nitrogen and oxygen atoms in total. The molecule has 0 unspecified atom stereocenters. The number of hydrogen-bond donors (Lipinski definition) is 0. The minimum atomic E-state index is -0.335. The minimum Gasteiger partial charge on any atom is -0.343 e. The first-order chi connectivity index (χ1) is 11.1. The van der Waals surface area contributed by atoms with E-state index in [1.165, 1.54) is 6.07 Å². The Morgan fingerprint density at radius 2 is 2.04 bits per heavy atom. The number of nitro groups is 1. The van der Waals surface area contributed by atoms with Gasteiger partial charge in [-0.05, 0) is 33.2 Å². The fourth-order valence-electron chi connectivity index (χ4n) is 3.26. The molecule has 2 rings (SSSR count). The molecule has 23 heavy (non-hydrogen) atoms. The molecule has 0 spiro atoms. The number of hydrogen-bond acceptors (Lipinski definition) is 4. The SMILES string of the molecule is CCN(CC)C(=O)[C@H]1CCCN(Cc2ccccc2[N+](=O)[O-])C1. The van der Waals surface area contributed by atoms with E-state index in [9.17, 15) is 14.9 Å². The van der Waals surface area contributed by atoms with Crippen LogP contribution in [0.4, 0.5) is 5.69 Å². The maximum atomic E-state index is 12.5. The summed E-state index contributed by atoms with van der Waals surface area (Å²) in [5.74, 6) is 0.216. The number of benzene rings is 1. The second-order valence-corrected chi connectivity index (χ2v) is 5.97. The Kier molecular flexibility index (Phi) is 6.10. The van der Waals surface area contributed by atoms with Crippen molar-refractivity contribution in [2.45, 2.75) is 33.2 Å². The minimum absolute atomic E-state index is 0.00594. The molecule has 126 valence electrons. The second kappa shape index (κ2) is 8.06. The lowest BCUT2D eigenvalue weighted by Crippen LogP contribution is -2.44. The molecule has 0 bridgehead atoms. The van der Waals surface area contributed by atoms with Gasteiger partial charge in [0.2, 0.25) is 5.91 Å². The molecule has 6 heteroatoms. The zero-order chi connectivity index (χ0) is 16.8. The van der Waals surface area contributed by atoms with E-state index in [-0.39, 0.29) is 22.4 Å². The highest BCUT2D eigenvalue weighted by atomic mass is 16.6. The monoisotopic (exact) mass is 319 g/mol. The summed E-state index contributed by atoms with van der Waals surface area (Å²) in [6, 6.07) is 6.85. The maximum absolute atomic E-state index is 12.5. The molecule has 0 aromatic heterocycles. The number of rotatable bonds is 6. The van der Waals surface area contributed by atoms with E-state index in [1.807, 2.05) is 24.8 Å². The predicted octanol–water partition coefficient (Wildman–Crippen LogP) is 2.68.